The number of rotatable bonds is 5. The van der Waals surface area contributed by atoms with Crippen LogP contribution in [0, 0.1) is 5.41 Å². The van der Waals surface area contributed by atoms with E-state index in [1.54, 1.807) is 13.3 Å². The van der Waals surface area contributed by atoms with Gasteiger partial charge in [0, 0.05) is 26.0 Å². The minimum absolute atomic E-state index is 0.0549. The molecule has 0 bridgehead atoms. The van der Waals surface area contributed by atoms with Crippen LogP contribution in [-0.2, 0) is 18.2 Å². The van der Waals surface area contributed by atoms with Gasteiger partial charge in [-0.2, -0.15) is 5.10 Å². The summed E-state index contributed by atoms with van der Waals surface area (Å²) < 4.78 is 7.24. The van der Waals surface area contributed by atoms with Crippen LogP contribution in [0.2, 0.25) is 0 Å². The lowest BCUT2D eigenvalue weighted by Crippen LogP contribution is -2.39. The average molecular weight is 240 g/mol. The Kier molecular flexibility index (Phi) is 4.71. The fraction of sp³-hybridized carbons (Fsp3) is 0.769. The van der Waals surface area contributed by atoms with Gasteiger partial charge in [0.25, 0.3) is 0 Å². The summed E-state index contributed by atoms with van der Waals surface area (Å²) in [5.41, 5.74) is 1.08. The normalized spacial score (nSPS) is 15.9. The number of hydrogen-bond acceptors (Lipinski definition) is 3. The smallest absolute Gasteiger partial charge is 0.0878 e. The number of hydrogen-bond donors (Lipinski definition) is 1. The molecule has 0 amide bonds. The van der Waals surface area contributed by atoms with E-state index in [0.29, 0.717) is 6.42 Å². The van der Waals surface area contributed by atoms with E-state index in [4.69, 9.17) is 4.74 Å². The van der Waals surface area contributed by atoms with Gasteiger partial charge in [0.15, 0.2) is 0 Å². The lowest BCUT2D eigenvalue weighted by atomic mass is 9.84. The molecule has 1 aromatic heterocycles. The lowest BCUT2D eigenvalue weighted by molar-refractivity contribution is -0.0730. The van der Waals surface area contributed by atoms with Crippen LogP contribution in [0.25, 0.3) is 0 Å². The molecular formula is C13H24N2O2. The molecule has 0 fully saturated rings. The van der Waals surface area contributed by atoms with Crippen LogP contribution < -0.4 is 0 Å². The van der Waals surface area contributed by atoms with Gasteiger partial charge >= 0.3 is 0 Å². The molecule has 0 aliphatic rings. The zero-order valence-electron chi connectivity index (χ0n) is 11.5. The van der Waals surface area contributed by atoms with Crippen LogP contribution >= 0.6 is 0 Å². The number of methoxy groups -OCH3 is 1. The summed E-state index contributed by atoms with van der Waals surface area (Å²) in [5.74, 6) is 0. The van der Waals surface area contributed by atoms with Crippen molar-refractivity contribution in [2.75, 3.05) is 7.11 Å². The molecule has 0 aliphatic carbocycles. The summed E-state index contributed by atoms with van der Waals surface area (Å²) >= 11 is 0. The van der Waals surface area contributed by atoms with E-state index in [1.807, 2.05) is 17.8 Å². The van der Waals surface area contributed by atoms with Crippen molar-refractivity contribution in [3.8, 4) is 0 Å². The standard InChI is InChI=1S/C13H24N2O2/c1-13(2,3)12(17-5)11(16)7-6-10-8-9-14-15(10)4/h8-9,11-12,16H,6-7H2,1-5H3. The molecule has 0 saturated carbocycles. The van der Waals surface area contributed by atoms with Gasteiger partial charge in [0.05, 0.1) is 12.2 Å². The third-order valence-corrected chi connectivity index (χ3v) is 3.08. The molecule has 4 heteroatoms. The minimum atomic E-state index is -0.449. The van der Waals surface area contributed by atoms with Gasteiger partial charge in [-0.1, -0.05) is 20.8 Å². The van der Waals surface area contributed by atoms with Gasteiger partial charge in [0.1, 0.15) is 0 Å². The highest BCUT2D eigenvalue weighted by atomic mass is 16.5. The first-order valence-electron chi connectivity index (χ1n) is 6.04. The number of aliphatic hydroxyl groups is 1. The third-order valence-electron chi connectivity index (χ3n) is 3.08. The van der Waals surface area contributed by atoms with E-state index in [2.05, 4.69) is 25.9 Å². The molecule has 0 aromatic carbocycles. The predicted octanol–water partition coefficient (Wildman–Crippen LogP) is 1.77. The molecule has 1 N–H and O–H groups in total. The summed E-state index contributed by atoms with van der Waals surface area (Å²) in [6.45, 7) is 6.23. The van der Waals surface area contributed by atoms with Gasteiger partial charge in [-0.05, 0) is 24.3 Å². The van der Waals surface area contributed by atoms with Crippen LogP contribution in [0.5, 0.6) is 0 Å². The second kappa shape index (κ2) is 5.65. The number of aromatic nitrogens is 2. The second-order valence-corrected chi connectivity index (χ2v) is 5.57. The molecule has 98 valence electrons. The molecule has 0 saturated heterocycles. The molecule has 1 rings (SSSR count). The minimum Gasteiger partial charge on any atom is -0.390 e. The zero-order chi connectivity index (χ0) is 13.1. The summed E-state index contributed by atoms with van der Waals surface area (Å²) in [6, 6.07) is 1.98. The summed E-state index contributed by atoms with van der Waals surface area (Å²) in [6.07, 6.45) is 2.69. The highest BCUT2D eigenvalue weighted by molar-refractivity contribution is 5.00. The number of aliphatic hydroxyl groups excluding tert-OH is 1. The number of nitrogens with zero attached hydrogens (tertiary/aromatic N) is 2. The Labute approximate surface area is 104 Å². The van der Waals surface area contributed by atoms with Crippen LogP contribution in [-0.4, -0.2) is 34.2 Å². The quantitative estimate of drug-likeness (QED) is 0.853. The van der Waals surface area contributed by atoms with Crippen LogP contribution in [0.4, 0.5) is 0 Å². The molecule has 0 spiro atoms. The van der Waals surface area contributed by atoms with E-state index >= 15 is 0 Å². The number of aryl methyl sites for hydroxylation is 2. The first kappa shape index (κ1) is 14.2. The second-order valence-electron chi connectivity index (χ2n) is 5.57. The van der Waals surface area contributed by atoms with Crippen molar-refractivity contribution < 1.29 is 9.84 Å². The zero-order valence-corrected chi connectivity index (χ0v) is 11.5. The van der Waals surface area contributed by atoms with Crippen LogP contribution in [0.15, 0.2) is 12.3 Å². The van der Waals surface area contributed by atoms with E-state index in [0.717, 1.165) is 12.1 Å². The SMILES string of the molecule is COC(C(O)CCc1ccnn1C)C(C)(C)C. The maximum absolute atomic E-state index is 10.2. The van der Waals surface area contributed by atoms with Crippen molar-refractivity contribution in [3.63, 3.8) is 0 Å². The first-order valence-corrected chi connectivity index (χ1v) is 6.04. The van der Waals surface area contributed by atoms with Crippen LogP contribution in [0.3, 0.4) is 0 Å². The van der Waals surface area contributed by atoms with Crippen molar-refractivity contribution in [2.45, 2.75) is 45.8 Å². The lowest BCUT2D eigenvalue weighted by Gasteiger charge is -2.33. The van der Waals surface area contributed by atoms with Crippen LogP contribution in [0.1, 0.15) is 32.9 Å². The molecule has 4 nitrogen and oxygen atoms in total. The molecule has 0 aliphatic heterocycles. The van der Waals surface area contributed by atoms with Crippen molar-refractivity contribution in [2.24, 2.45) is 12.5 Å². The van der Waals surface area contributed by atoms with Crippen molar-refractivity contribution in [1.82, 2.24) is 9.78 Å². The fourth-order valence-electron chi connectivity index (χ4n) is 2.18. The Bertz CT molecular complexity index is 341. The third kappa shape index (κ3) is 3.82. The molecular weight excluding hydrogens is 216 g/mol. The Morgan fingerprint density at radius 3 is 2.53 bits per heavy atom. The monoisotopic (exact) mass is 240 g/mol. The fourth-order valence-corrected chi connectivity index (χ4v) is 2.18. The number of ether oxygens (including phenoxy) is 1. The topological polar surface area (TPSA) is 47.3 Å². The molecule has 1 aromatic rings. The van der Waals surface area contributed by atoms with Crippen molar-refractivity contribution >= 4 is 0 Å². The molecule has 1 heterocycles. The molecule has 2 atom stereocenters. The molecule has 0 radical (unpaired) electrons. The first-order chi connectivity index (χ1) is 7.86. The summed E-state index contributed by atoms with van der Waals surface area (Å²) in [5, 5.41) is 14.3. The Morgan fingerprint density at radius 1 is 1.47 bits per heavy atom. The Balaban J connectivity index is 2.54. The maximum atomic E-state index is 10.2. The van der Waals surface area contributed by atoms with Gasteiger partial charge in [-0.3, -0.25) is 4.68 Å². The largest absolute Gasteiger partial charge is 0.390 e. The Hall–Kier alpha value is -0.870. The average Bonchev–Trinajstić information content (AvgIpc) is 2.60. The van der Waals surface area contributed by atoms with Crippen molar-refractivity contribution in [1.29, 1.82) is 0 Å². The van der Waals surface area contributed by atoms with Gasteiger partial charge in [-0.15, -0.1) is 0 Å². The summed E-state index contributed by atoms with van der Waals surface area (Å²) in [7, 11) is 3.57. The summed E-state index contributed by atoms with van der Waals surface area (Å²) in [4.78, 5) is 0. The molecule has 17 heavy (non-hydrogen) atoms. The highest BCUT2D eigenvalue weighted by Crippen LogP contribution is 2.26. The van der Waals surface area contributed by atoms with Crippen molar-refractivity contribution in [3.05, 3.63) is 18.0 Å². The predicted molar refractivity (Wildman–Crippen MR) is 67.8 cm³/mol. The van der Waals surface area contributed by atoms with E-state index in [9.17, 15) is 5.11 Å². The van der Waals surface area contributed by atoms with E-state index in [-0.39, 0.29) is 11.5 Å². The van der Waals surface area contributed by atoms with Gasteiger partial charge in [-0.25, -0.2) is 0 Å². The Morgan fingerprint density at radius 2 is 2.12 bits per heavy atom. The van der Waals surface area contributed by atoms with Gasteiger partial charge < -0.3 is 9.84 Å². The molecule has 2 unspecified atom stereocenters. The highest BCUT2D eigenvalue weighted by Gasteiger charge is 2.30. The van der Waals surface area contributed by atoms with E-state index < -0.39 is 6.10 Å². The van der Waals surface area contributed by atoms with E-state index in [1.165, 1.54) is 0 Å². The maximum Gasteiger partial charge on any atom is 0.0878 e. The van der Waals surface area contributed by atoms with Gasteiger partial charge in [0.2, 0.25) is 0 Å².